The highest BCUT2D eigenvalue weighted by molar-refractivity contribution is 6.30. The van der Waals surface area contributed by atoms with Crippen LogP contribution in [0.2, 0.25) is 5.02 Å². The summed E-state index contributed by atoms with van der Waals surface area (Å²) in [5, 5.41) is 0.637. The number of benzene rings is 3. The molecule has 1 atom stereocenters. The Balaban J connectivity index is 1.85. The third-order valence-corrected chi connectivity index (χ3v) is 5.98. The van der Waals surface area contributed by atoms with E-state index < -0.39 is 0 Å². The first-order valence-electron chi connectivity index (χ1n) is 10.8. The number of hydrogen-bond donors (Lipinski definition) is 1. The average Bonchev–Trinajstić information content (AvgIpc) is 2.84. The van der Waals surface area contributed by atoms with Gasteiger partial charge in [0.25, 0.3) is 0 Å². The van der Waals surface area contributed by atoms with Crippen molar-refractivity contribution in [1.82, 2.24) is 0 Å². The third-order valence-electron chi connectivity index (χ3n) is 5.73. The molecule has 0 aromatic heterocycles. The number of carbonyl (C=O) groups is 1. The SMILES string of the molecule is COc1ccc(N2C(=O)Cc3cc(OC)c(OCCCN)cc3C2c2ccc(Cl)cc2)cc1. The van der Waals surface area contributed by atoms with Gasteiger partial charge < -0.3 is 24.8 Å². The Morgan fingerprint density at radius 1 is 1.00 bits per heavy atom. The molecule has 172 valence electrons. The smallest absolute Gasteiger partial charge is 0.232 e. The van der Waals surface area contributed by atoms with Crippen LogP contribution in [0.3, 0.4) is 0 Å². The Morgan fingerprint density at radius 3 is 2.36 bits per heavy atom. The van der Waals surface area contributed by atoms with E-state index in [1.54, 1.807) is 14.2 Å². The van der Waals surface area contributed by atoms with Crippen molar-refractivity contribution in [2.24, 2.45) is 5.73 Å². The molecule has 33 heavy (non-hydrogen) atoms. The topological polar surface area (TPSA) is 74.0 Å². The molecule has 0 saturated heterocycles. The molecule has 0 fully saturated rings. The fourth-order valence-corrected chi connectivity index (χ4v) is 4.23. The van der Waals surface area contributed by atoms with Crippen molar-refractivity contribution in [1.29, 1.82) is 0 Å². The summed E-state index contributed by atoms with van der Waals surface area (Å²) in [6.45, 7) is 1.03. The second-order valence-corrected chi connectivity index (χ2v) is 8.22. The minimum absolute atomic E-state index is 0.00790. The molecular weight excluding hydrogens is 440 g/mol. The van der Waals surface area contributed by atoms with Crippen LogP contribution in [0.4, 0.5) is 5.69 Å². The van der Waals surface area contributed by atoms with Crippen LogP contribution in [0.1, 0.15) is 29.2 Å². The van der Waals surface area contributed by atoms with Gasteiger partial charge in [-0.05, 0) is 78.2 Å². The fourth-order valence-electron chi connectivity index (χ4n) is 4.10. The van der Waals surface area contributed by atoms with Gasteiger partial charge in [-0.2, -0.15) is 0 Å². The highest BCUT2D eigenvalue weighted by Gasteiger charge is 2.36. The predicted octanol–water partition coefficient (Wildman–Crippen LogP) is 4.76. The van der Waals surface area contributed by atoms with E-state index in [1.807, 2.05) is 65.6 Å². The zero-order valence-electron chi connectivity index (χ0n) is 18.7. The van der Waals surface area contributed by atoms with Crippen LogP contribution in [0, 0.1) is 0 Å². The lowest BCUT2D eigenvalue weighted by atomic mass is 9.87. The molecule has 0 saturated carbocycles. The van der Waals surface area contributed by atoms with E-state index in [2.05, 4.69) is 0 Å². The van der Waals surface area contributed by atoms with E-state index in [1.165, 1.54) is 0 Å². The van der Waals surface area contributed by atoms with E-state index in [9.17, 15) is 4.79 Å². The third kappa shape index (κ3) is 4.77. The number of amides is 1. The lowest BCUT2D eigenvalue weighted by molar-refractivity contribution is -0.118. The number of carbonyl (C=O) groups excluding carboxylic acids is 1. The van der Waals surface area contributed by atoms with Crippen molar-refractivity contribution < 1.29 is 19.0 Å². The second kappa shape index (κ2) is 10.1. The number of nitrogens with two attached hydrogens (primary N) is 1. The number of rotatable bonds is 8. The van der Waals surface area contributed by atoms with Crippen LogP contribution in [0.15, 0.2) is 60.7 Å². The number of hydrogen-bond acceptors (Lipinski definition) is 5. The Hall–Kier alpha value is -3.22. The largest absolute Gasteiger partial charge is 0.497 e. The summed E-state index contributed by atoms with van der Waals surface area (Å²) in [5.74, 6) is 1.96. The number of anilines is 1. The first-order valence-corrected chi connectivity index (χ1v) is 11.2. The molecule has 1 heterocycles. The van der Waals surface area contributed by atoms with Crippen molar-refractivity contribution in [2.75, 3.05) is 32.3 Å². The molecule has 0 spiro atoms. The Bertz CT molecular complexity index is 1120. The molecule has 1 aliphatic heterocycles. The minimum atomic E-state index is -0.352. The molecule has 0 bridgehead atoms. The van der Waals surface area contributed by atoms with Crippen molar-refractivity contribution >= 4 is 23.2 Å². The summed E-state index contributed by atoms with van der Waals surface area (Å²) in [6, 6.07) is 18.6. The van der Waals surface area contributed by atoms with E-state index >= 15 is 0 Å². The molecule has 0 radical (unpaired) electrons. The molecule has 4 rings (SSSR count). The fraction of sp³-hybridized carbons (Fsp3) is 0.269. The zero-order chi connectivity index (χ0) is 23.4. The molecule has 1 aliphatic rings. The summed E-state index contributed by atoms with van der Waals surface area (Å²) in [7, 11) is 3.22. The van der Waals surface area contributed by atoms with Gasteiger partial charge in [0.05, 0.1) is 33.3 Å². The highest BCUT2D eigenvalue weighted by atomic mass is 35.5. The van der Waals surface area contributed by atoms with Crippen LogP contribution in [-0.2, 0) is 11.2 Å². The number of ether oxygens (including phenoxy) is 3. The van der Waals surface area contributed by atoms with Gasteiger partial charge in [-0.25, -0.2) is 0 Å². The van der Waals surface area contributed by atoms with E-state index in [-0.39, 0.29) is 18.4 Å². The van der Waals surface area contributed by atoms with Gasteiger partial charge in [0, 0.05) is 10.7 Å². The number of methoxy groups -OCH3 is 2. The van der Waals surface area contributed by atoms with Crippen molar-refractivity contribution in [3.63, 3.8) is 0 Å². The number of fused-ring (bicyclic) bond motifs is 1. The standard InChI is InChI=1S/C26H27ClN2O4/c1-31-21-10-8-20(9-11-21)29-25(30)15-18-14-23(32-2)24(33-13-3-12-28)16-22(18)26(29)17-4-6-19(27)7-5-17/h4-11,14,16,26H,3,12-13,15,28H2,1-2H3. The molecule has 1 unspecified atom stereocenters. The normalized spacial score (nSPS) is 15.2. The van der Waals surface area contributed by atoms with Gasteiger partial charge in [0.2, 0.25) is 5.91 Å². The van der Waals surface area contributed by atoms with E-state index in [0.717, 1.165) is 34.5 Å². The first kappa shape index (κ1) is 23.0. The predicted molar refractivity (Wildman–Crippen MR) is 130 cm³/mol. The van der Waals surface area contributed by atoms with Gasteiger partial charge in [0.15, 0.2) is 11.5 Å². The van der Waals surface area contributed by atoms with Crippen molar-refractivity contribution in [3.8, 4) is 17.2 Å². The molecule has 0 aliphatic carbocycles. The lowest BCUT2D eigenvalue weighted by Gasteiger charge is -2.38. The summed E-state index contributed by atoms with van der Waals surface area (Å²) in [6.07, 6.45) is 0.988. The van der Waals surface area contributed by atoms with Crippen LogP contribution in [0.5, 0.6) is 17.2 Å². The van der Waals surface area contributed by atoms with Gasteiger partial charge >= 0.3 is 0 Å². The van der Waals surface area contributed by atoms with Gasteiger partial charge in [-0.15, -0.1) is 0 Å². The van der Waals surface area contributed by atoms with Gasteiger partial charge in [-0.3, -0.25) is 4.79 Å². The zero-order valence-corrected chi connectivity index (χ0v) is 19.5. The molecule has 3 aromatic rings. The molecule has 1 amide bonds. The van der Waals surface area contributed by atoms with Crippen molar-refractivity contribution in [3.05, 3.63) is 82.4 Å². The number of halogens is 1. The van der Waals surface area contributed by atoms with Crippen LogP contribution in [0.25, 0.3) is 0 Å². The highest BCUT2D eigenvalue weighted by Crippen LogP contribution is 2.43. The second-order valence-electron chi connectivity index (χ2n) is 7.79. The monoisotopic (exact) mass is 466 g/mol. The van der Waals surface area contributed by atoms with Crippen LogP contribution < -0.4 is 24.8 Å². The molecule has 6 nitrogen and oxygen atoms in total. The van der Waals surface area contributed by atoms with Gasteiger partial charge in [-0.1, -0.05) is 23.7 Å². The van der Waals surface area contributed by atoms with Crippen molar-refractivity contribution in [2.45, 2.75) is 18.9 Å². The maximum absolute atomic E-state index is 13.4. The van der Waals surface area contributed by atoms with Gasteiger partial charge in [0.1, 0.15) is 5.75 Å². The Labute approximate surface area is 198 Å². The Kier molecular flexibility index (Phi) is 7.06. The maximum atomic E-state index is 13.4. The van der Waals surface area contributed by atoms with E-state index in [0.29, 0.717) is 29.7 Å². The maximum Gasteiger partial charge on any atom is 0.232 e. The molecule has 2 N–H and O–H groups in total. The summed E-state index contributed by atoms with van der Waals surface area (Å²) in [4.78, 5) is 15.3. The molecule has 7 heteroatoms. The Morgan fingerprint density at radius 2 is 1.73 bits per heavy atom. The van der Waals surface area contributed by atoms with Crippen LogP contribution in [-0.4, -0.2) is 33.3 Å². The quantitative estimate of drug-likeness (QED) is 0.484. The van der Waals surface area contributed by atoms with Crippen LogP contribution >= 0.6 is 11.6 Å². The number of nitrogens with zero attached hydrogens (tertiary/aromatic N) is 1. The molecular formula is C26H27ClN2O4. The van der Waals surface area contributed by atoms with E-state index in [4.69, 9.17) is 31.5 Å². The summed E-state index contributed by atoms with van der Waals surface area (Å²) in [5.41, 5.74) is 9.25. The lowest BCUT2D eigenvalue weighted by Crippen LogP contribution is -2.41. The minimum Gasteiger partial charge on any atom is -0.497 e. The first-order chi connectivity index (χ1) is 16.0. The average molecular weight is 467 g/mol. The molecule has 3 aromatic carbocycles. The summed E-state index contributed by atoms with van der Waals surface area (Å²) < 4.78 is 16.8. The summed E-state index contributed by atoms with van der Waals surface area (Å²) >= 11 is 6.16.